The lowest BCUT2D eigenvalue weighted by molar-refractivity contribution is 0.459. The van der Waals surface area contributed by atoms with Crippen LogP contribution in [0.2, 0.25) is 0 Å². The Hall–Kier alpha value is -0.0900. The van der Waals surface area contributed by atoms with Crippen LogP contribution < -0.4 is 5.32 Å². The van der Waals surface area contributed by atoms with Crippen LogP contribution in [0.25, 0.3) is 0 Å². The lowest BCUT2D eigenvalue weighted by atomic mass is 10.1. The molecule has 0 aliphatic heterocycles. The molecule has 1 fully saturated rings. The first-order valence-electron chi connectivity index (χ1n) is 6.97. The lowest BCUT2D eigenvalue weighted by Gasteiger charge is -2.28. The summed E-state index contributed by atoms with van der Waals surface area (Å²) in [6.07, 6.45) is 6.62. The molecule has 0 aromatic carbocycles. The molecule has 0 heterocycles. The van der Waals surface area contributed by atoms with E-state index in [9.17, 15) is 8.42 Å². The van der Waals surface area contributed by atoms with Gasteiger partial charge in [0.2, 0.25) is 0 Å². The van der Waals surface area contributed by atoms with Crippen LogP contribution in [0, 0.1) is 0 Å². The van der Waals surface area contributed by atoms with Crippen LogP contribution >= 0.6 is 0 Å². The molecule has 0 bridgehead atoms. The van der Waals surface area contributed by atoms with Gasteiger partial charge < -0.3 is 5.32 Å². The maximum absolute atomic E-state index is 12.6. The Labute approximate surface area is 106 Å². The van der Waals surface area contributed by atoms with E-state index in [1.165, 1.54) is 0 Å². The summed E-state index contributed by atoms with van der Waals surface area (Å²) in [5.41, 5.74) is 0. The first kappa shape index (κ1) is 15.0. The van der Waals surface area contributed by atoms with Gasteiger partial charge in [0, 0.05) is 6.04 Å². The normalized spacial score (nSPS) is 21.6. The van der Waals surface area contributed by atoms with E-state index >= 15 is 0 Å². The summed E-state index contributed by atoms with van der Waals surface area (Å²) in [6, 6.07) is 0.121. The molecule has 3 nitrogen and oxygen atoms in total. The largest absolute Gasteiger partial charge is 0.316 e. The van der Waals surface area contributed by atoms with Gasteiger partial charge in [-0.15, -0.1) is 0 Å². The van der Waals surface area contributed by atoms with Gasteiger partial charge in [0.25, 0.3) is 0 Å². The Kier molecular flexibility index (Phi) is 5.93. The third-order valence-electron chi connectivity index (χ3n) is 4.01. The van der Waals surface area contributed by atoms with E-state index in [1.54, 1.807) is 0 Å². The lowest BCUT2D eigenvalue weighted by Crippen LogP contribution is -2.45. The van der Waals surface area contributed by atoms with Gasteiger partial charge >= 0.3 is 0 Å². The molecule has 1 N–H and O–H groups in total. The van der Waals surface area contributed by atoms with Crippen molar-refractivity contribution in [2.24, 2.45) is 0 Å². The quantitative estimate of drug-likeness (QED) is 0.766. The van der Waals surface area contributed by atoms with Gasteiger partial charge in [0.1, 0.15) is 0 Å². The molecule has 4 heteroatoms. The number of hydrogen-bond donors (Lipinski definition) is 1. The van der Waals surface area contributed by atoms with E-state index < -0.39 is 9.84 Å². The first-order chi connectivity index (χ1) is 8.07. The fraction of sp³-hybridized carbons (Fsp3) is 1.00. The van der Waals surface area contributed by atoms with Crippen molar-refractivity contribution in [1.82, 2.24) is 5.32 Å². The zero-order valence-electron chi connectivity index (χ0n) is 11.4. The summed E-state index contributed by atoms with van der Waals surface area (Å²) in [5.74, 6) is 0. The third kappa shape index (κ3) is 3.44. The van der Waals surface area contributed by atoms with Crippen LogP contribution in [-0.2, 0) is 9.84 Å². The molecule has 1 saturated carbocycles. The molecular weight excluding hydrogens is 234 g/mol. The molecule has 1 aliphatic rings. The highest BCUT2D eigenvalue weighted by Crippen LogP contribution is 2.30. The summed E-state index contributed by atoms with van der Waals surface area (Å²) in [4.78, 5) is 0. The van der Waals surface area contributed by atoms with Crippen molar-refractivity contribution >= 4 is 9.84 Å². The van der Waals surface area contributed by atoms with Crippen molar-refractivity contribution in [3.63, 3.8) is 0 Å². The molecule has 2 unspecified atom stereocenters. The standard InChI is InChI=1S/C13H27NO2S/c1-4-8-12(14-3)13(5-2)17(15,16)11-9-6-7-10-11/h11-14H,4-10H2,1-3H3. The summed E-state index contributed by atoms with van der Waals surface area (Å²) in [5, 5.41) is 2.94. The van der Waals surface area contributed by atoms with Gasteiger partial charge in [-0.25, -0.2) is 8.42 Å². The zero-order valence-corrected chi connectivity index (χ0v) is 12.2. The molecule has 0 spiro atoms. The van der Waals surface area contributed by atoms with E-state index in [0.717, 1.165) is 44.9 Å². The van der Waals surface area contributed by atoms with E-state index in [4.69, 9.17) is 0 Å². The first-order valence-corrected chi connectivity index (χ1v) is 8.58. The van der Waals surface area contributed by atoms with Crippen LogP contribution in [0.1, 0.15) is 58.8 Å². The molecule has 0 aromatic rings. The highest BCUT2D eigenvalue weighted by Gasteiger charge is 2.38. The monoisotopic (exact) mass is 261 g/mol. The summed E-state index contributed by atoms with van der Waals surface area (Å²) in [6.45, 7) is 4.11. The minimum atomic E-state index is -2.95. The smallest absolute Gasteiger partial charge is 0.157 e. The van der Waals surface area contributed by atoms with E-state index in [2.05, 4.69) is 12.2 Å². The van der Waals surface area contributed by atoms with Crippen molar-refractivity contribution in [1.29, 1.82) is 0 Å². The molecule has 2 atom stereocenters. The molecule has 0 aromatic heterocycles. The number of rotatable bonds is 7. The van der Waals surface area contributed by atoms with Crippen molar-refractivity contribution in [3.8, 4) is 0 Å². The average Bonchev–Trinajstić information content (AvgIpc) is 2.82. The van der Waals surface area contributed by atoms with E-state index in [1.807, 2.05) is 14.0 Å². The van der Waals surface area contributed by atoms with Gasteiger partial charge in [0.05, 0.1) is 10.5 Å². The SMILES string of the molecule is CCCC(NC)C(CC)S(=O)(=O)C1CCCC1. The third-order valence-corrected chi connectivity index (χ3v) is 6.92. The summed E-state index contributed by atoms with van der Waals surface area (Å²) >= 11 is 0. The van der Waals surface area contributed by atoms with Gasteiger partial charge in [-0.05, 0) is 32.7 Å². The second-order valence-electron chi connectivity index (χ2n) is 5.13. The fourth-order valence-corrected chi connectivity index (χ4v) is 5.72. The topological polar surface area (TPSA) is 46.2 Å². The second kappa shape index (κ2) is 6.74. The van der Waals surface area contributed by atoms with Crippen LogP contribution in [-0.4, -0.2) is 32.0 Å². The van der Waals surface area contributed by atoms with E-state index in [-0.39, 0.29) is 16.5 Å². The van der Waals surface area contributed by atoms with Crippen LogP contribution in [0.15, 0.2) is 0 Å². The van der Waals surface area contributed by atoms with Gasteiger partial charge in [-0.1, -0.05) is 33.1 Å². The minimum Gasteiger partial charge on any atom is -0.316 e. The summed E-state index contributed by atoms with van der Waals surface area (Å²) < 4.78 is 25.2. The highest BCUT2D eigenvalue weighted by atomic mass is 32.2. The molecule has 17 heavy (non-hydrogen) atoms. The molecule has 1 aliphatic carbocycles. The van der Waals surface area contributed by atoms with Gasteiger partial charge in [-0.3, -0.25) is 0 Å². The Bertz CT molecular complexity index is 307. The Morgan fingerprint density at radius 3 is 2.24 bits per heavy atom. The van der Waals surface area contributed by atoms with Gasteiger partial charge in [-0.2, -0.15) is 0 Å². The Balaban J connectivity index is 2.83. The molecule has 102 valence electrons. The predicted octanol–water partition coefficient (Wildman–Crippen LogP) is 2.51. The van der Waals surface area contributed by atoms with Crippen molar-refractivity contribution < 1.29 is 8.42 Å². The number of hydrogen-bond acceptors (Lipinski definition) is 3. The molecule has 1 rings (SSSR count). The Morgan fingerprint density at radius 2 is 1.82 bits per heavy atom. The average molecular weight is 261 g/mol. The maximum atomic E-state index is 12.6. The van der Waals surface area contributed by atoms with Gasteiger partial charge in [0.15, 0.2) is 9.84 Å². The molecule has 0 radical (unpaired) electrons. The fourth-order valence-electron chi connectivity index (χ4n) is 3.04. The highest BCUT2D eigenvalue weighted by molar-refractivity contribution is 7.92. The van der Waals surface area contributed by atoms with E-state index in [0.29, 0.717) is 0 Å². The van der Waals surface area contributed by atoms with Crippen molar-refractivity contribution in [2.45, 2.75) is 75.3 Å². The minimum absolute atomic E-state index is 0.0693. The molecule has 0 saturated heterocycles. The van der Waals surface area contributed by atoms with Crippen LogP contribution in [0.4, 0.5) is 0 Å². The predicted molar refractivity (Wildman–Crippen MR) is 73.0 cm³/mol. The Morgan fingerprint density at radius 1 is 1.24 bits per heavy atom. The summed E-state index contributed by atoms with van der Waals surface area (Å²) in [7, 11) is -1.06. The number of nitrogens with one attached hydrogen (secondary N) is 1. The maximum Gasteiger partial charge on any atom is 0.157 e. The second-order valence-corrected chi connectivity index (χ2v) is 7.58. The van der Waals surface area contributed by atoms with Crippen LogP contribution in [0.3, 0.4) is 0 Å². The molecular formula is C13H27NO2S. The molecule has 0 amide bonds. The zero-order chi connectivity index (χ0) is 12.9. The van der Waals surface area contributed by atoms with Crippen LogP contribution in [0.5, 0.6) is 0 Å². The number of sulfone groups is 1. The van der Waals surface area contributed by atoms with Crippen molar-refractivity contribution in [2.75, 3.05) is 7.05 Å². The van der Waals surface area contributed by atoms with Crippen molar-refractivity contribution in [3.05, 3.63) is 0 Å².